The third-order valence-electron chi connectivity index (χ3n) is 1.23. The van der Waals surface area contributed by atoms with E-state index in [1.807, 2.05) is 0 Å². The maximum atomic E-state index is 12.8. The zero-order valence-electron chi connectivity index (χ0n) is 5.72. The maximum Gasteiger partial charge on any atom is 0.145 e. The van der Waals surface area contributed by atoms with Crippen LogP contribution >= 0.6 is 15.9 Å². The van der Waals surface area contributed by atoms with Crippen LogP contribution in [0, 0.1) is 5.82 Å². The Morgan fingerprint density at radius 1 is 1.64 bits per heavy atom. The lowest BCUT2D eigenvalue weighted by Gasteiger charge is -1.98. The topological polar surface area (TPSA) is 33.1 Å². The average molecular weight is 220 g/mol. The molecule has 0 radical (unpaired) electrons. The molecule has 0 aromatic carbocycles. The highest BCUT2D eigenvalue weighted by Gasteiger charge is 2.02. The summed E-state index contributed by atoms with van der Waals surface area (Å²) in [6.07, 6.45) is 1.77. The van der Waals surface area contributed by atoms with Crippen molar-refractivity contribution < 1.29 is 9.50 Å². The van der Waals surface area contributed by atoms with Crippen molar-refractivity contribution in [3.05, 3.63) is 28.2 Å². The van der Waals surface area contributed by atoms with Gasteiger partial charge in [-0.15, -0.1) is 0 Å². The lowest BCUT2D eigenvalue weighted by Crippen LogP contribution is -1.97. The Bertz CT molecular complexity index is 254. The van der Waals surface area contributed by atoms with E-state index < -0.39 is 0 Å². The minimum atomic E-state index is -0.381. The molecule has 0 unspecified atom stereocenters. The highest BCUT2D eigenvalue weighted by molar-refractivity contribution is 9.10. The Labute approximate surface area is 72.2 Å². The first-order chi connectivity index (χ1) is 5.24. The number of hydrogen-bond donors (Lipinski definition) is 1. The van der Waals surface area contributed by atoms with Crippen LogP contribution in [-0.4, -0.2) is 16.7 Å². The van der Waals surface area contributed by atoms with Crippen LogP contribution in [0.15, 0.2) is 16.7 Å². The monoisotopic (exact) mass is 219 g/mol. The Hall–Kier alpha value is -0.480. The fourth-order valence-electron chi connectivity index (χ4n) is 0.733. The van der Waals surface area contributed by atoms with Gasteiger partial charge in [-0.05, 0) is 22.0 Å². The van der Waals surface area contributed by atoms with E-state index in [9.17, 15) is 4.39 Å². The van der Waals surface area contributed by atoms with Crippen LogP contribution in [0.25, 0.3) is 0 Å². The van der Waals surface area contributed by atoms with E-state index in [-0.39, 0.29) is 18.8 Å². The van der Waals surface area contributed by atoms with Crippen molar-refractivity contribution in [3.8, 4) is 0 Å². The first-order valence-corrected chi connectivity index (χ1v) is 3.94. The second kappa shape index (κ2) is 3.78. The van der Waals surface area contributed by atoms with Crippen molar-refractivity contribution >= 4 is 15.9 Å². The van der Waals surface area contributed by atoms with E-state index in [1.54, 1.807) is 0 Å². The van der Waals surface area contributed by atoms with Gasteiger partial charge in [-0.25, -0.2) is 4.39 Å². The molecule has 2 nitrogen and oxygen atoms in total. The number of halogens is 2. The molecule has 60 valence electrons. The van der Waals surface area contributed by atoms with Gasteiger partial charge in [0.15, 0.2) is 0 Å². The summed E-state index contributed by atoms with van der Waals surface area (Å²) in [5.41, 5.74) is 0.302. The third-order valence-corrected chi connectivity index (χ3v) is 1.67. The minimum Gasteiger partial charge on any atom is -0.396 e. The molecule has 1 rings (SSSR count). The van der Waals surface area contributed by atoms with Gasteiger partial charge in [0, 0.05) is 23.7 Å². The fourth-order valence-corrected chi connectivity index (χ4v) is 1.04. The first-order valence-electron chi connectivity index (χ1n) is 3.15. The van der Waals surface area contributed by atoms with Gasteiger partial charge in [0.1, 0.15) is 5.82 Å². The lowest BCUT2D eigenvalue weighted by molar-refractivity contribution is 0.296. The highest BCUT2D eigenvalue weighted by Crippen LogP contribution is 2.12. The van der Waals surface area contributed by atoms with Crippen molar-refractivity contribution in [1.82, 2.24) is 4.98 Å². The molecule has 1 heterocycles. The molecular formula is C7H7BrFNO. The van der Waals surface area contributed by atoms with Crippen molar-refractivity contribution in [3.63, 3.8) is 0 Å². The summed E-state index contributed by atoms with van der Waals surface area (Å²) < 4.78 is 13.4. The first kappa shape index (κ1) is 8.62. The van der Waals surface area contributed by atoms with Crippen LogP contribution in [0.5, 0.6) is 0 Å². The Morgan fingerprint density at radius 3 is 2.91 bits per heavy atom. The quantitative estimate of drug-likeness (QED) is 0.819. The normalized spacial score (nSPS) is 10.1. The van der Waals surface area contributed by atoms with Gasteiger partial charge in [0.2, 0.25) is 0 Å². The molecule has 0 aliphatic rings. The molecular weight excluding hydrogens is 213 g/mol. The number of aliphatic hydroxyl groups is 1. The molecule has 0 aliphatic carbocycles. The van der Waals surface area contributed by atoms with Crippen molar-refractivity contribution in [2.75, 3.05) is 6.61 Å². The second-order valence-electron chi connectivity index (χ2n) is 2.06. The number of aliphatic hydroxyl groups excluding tert-OH is 1. The average Bonchev–Trinajstić information content (AvgIpc) is 1.95. The van der Waals surface area contributed by atoms with Crippen LogP contribution in [0.4, 0.5) is 4.39 Å². The number of hydrogen-bond acceptors (Lipinski definition) is 2. The van der Waals surface area contributed by atoms with E-state index in [2.05, 4.69) is 20.9 Å². The molecule has 0 fully saturated rings. The molecule has 11 heavy (non-hydrogen) atoms. The SMILES string of the molecule is OCCc1ncc(Br)cc1F. The van der Waals surface area contributed by atoms with Gasteiger partial charge in [-0.2, -0.15) is 0 Å². The maximum absolute atomic E-state index is 12.8. The molecule has 0 atom stereocenters. The minimum absolute atomic E-state index is 0.0778. The standard InChI is InChI=1S/C7H7BrFNO/c8-5-3-6(9)7(1-2-11)10-4-5/h3-4,11H,1-2H2. The van der Waals surface area contributed by atoms with Crippen molar-refractivity contribution in [2.45, 2.75) is 6.42 Å². The summed E-state index contributed by atoms with van der Waals surface area (Å²) in [5, 5.41) is 8.50. The molecule has 1 N–H and O–H groups in total. The van der Waals surface area contributed by atoms with Crippen LogP contribution < -0.4 is 0 Å². The van der Waals surface area contributed by atoms with E-state index in [4.69, 9.17) is 5.11 Å². The van der Waals surface area contributed by atoms with Gasteiger partial charge in [0.05, 0.1) is 5.69 Å². The fraction of sp³-hybridized carbons (Fsp3) is 0.286. The summed E-state index contributed by atoms with van der Waals surface area (Å²) in [4.78, 5) is 3.79. The molecule has 1 aromatic heterocycles. The third kappa shape index (κ3) is 2.24. The number of aromatic nitrogens is 1. The number of rotatable bonds is 2. The smallest absolute Gasteiger partial charge is 0.145 e. The summed E-state index contributed by atoms with van der Waals surface area (Å²) in [5.74, 6) is -0.381. The summed E-state index contributed by atoms with van der Waals surface area (Å²) in [6, 6.07) is 1.33. The van der Waals surface area contributed by atoms with Crippen molar-refractivity contribution in [2.24, 2.45) is 0 Å². The van der Waals surface area contributed by atoms with Crippen LogP contribution in [0.1, 0.15) is 5.69 Å². The van der Waals surface area contributed by atoms with E-state index >= 15 is 0 Å². The van der Waals surface area contributed by atoms with Crippen LogP contribution in [-0.2, 0) is 6.42 Å². The highest BCUT2D eigenvalue weighted by atomic mass is 79.9. The van der Waals surface area contributed by atoms with Crippen LogP contribution in [0.2, 0.25) is 0 Å². The largest absolute Gasteiger partial charge is 0.396 e. The van der Waals surface area contributed by atoms with Gasteiger partial charge in [0.25, 0.3) is 0 Å². The predicted molar refractivity (Wildman–Crippen MR) is 42.7 cm³/mol. The molecule has 0 amide bonds. The molecule has 4 heteroatoms. The molecule has 0 saturated carbocycles. The summed E-state index contributed by atoms with van der Waals surface area (Å²) in [6.45, 7) is -0.0778. The van der Waals surface area contributed by atoms with E-state index in [0.717, 1.165) is 0 Å². The number of nitrogens with zero attached hydrogens (tertiary/aromatic N) is 1. The predicted octanol–water partition coefficient (Wildman–Crippen LogP) is 1.52. The van der Waals surface area contributed by atoms with Gasteiger partial charge in [-0.1, -0.05) is 0 Å². The number of pyridine rings is 1. The zero-order valence-corrected chi connectivity index (χ0v) is 7.31. The van der Waals surface area contributed by atoms with Gasteiger partial charge < -0.3 is 5.11 Å². The van der Waals surface area contributed by atoms with E-state index in [0.29, 0.717) is 10.2 Å². The Morgan fingerprint density at radius 2 is 2.36 bits per heavy atom. The van der Waals surface area contributed by atoms with Gasteiger partial charge >= 0.3 is 0 Å². The molecule has 0 spiro atoms. The van der Waals surface area contributed by atoms with Crippen LogP contribution in [0.3, 0.4) is 0 Å². The second-order valence-corrected chi connectivity index (χ2v) is 2.97. The molecule has 1 aromatic rings. The summed E-state index contributed by atoms with van der Waals surface area (Å²) in [7, 11) is 0. The lowest BCUT2D eigenvalue weighted by atomic mass is 10.3. The molecule has 0 aliphatic heterocycles. The van der Waals surface area contributed by atoms with Crippen molar-refractivity contribution in [1.29, 1.82) is 0 Å². The molecule has 0 saturated heterocycles. The Balaban J connectivity index is 2.90. The van der Waals surface area contributed by atoms with E-state index in [1.165, 1.54) is 12.3 Å². The Kier molecular flexibility index (Phi) is 2.96. The zero-order chi connectivity index (χ0) is 8.27. The molecule has 0 bridgehead atoms. The van der Waals surface area contributed by atoms with Gasteiger partial charge in [-0.3, -0.25) is 4.98 Å². The summed E-state index contributed by atoms with van der Waals surface area (Å²) >= 11 is 3.08.